The van der Waals surface area contributed by atoms with Crippen LogP contribution in [0, 0.1) is 0 Å². The number of nitrogens with one attached hydrogen (secondary N) is 1. The van der Waals surface area contributed by atoms with E-state index >= 15 is 0 Å². The molecule has 3 nitrogen and oxygen atoms in total. The summed E-state index contributed by atoms with van der Waals surface area (Å²) in [5, 5.41) is 4.16. The zero-order valence-corrected chi connectivity index (χ0v) is 13.5. The van der Waals surface area contributed by atoms with Crippen molar-refractivity contribution < 1.29 is 9.15 Å². The SMILES string of the molecule is CCc1cc(OCc2occc2CNC(C)C)ccc1Cl. The molecule has 0 amide bonds. The highest BCUT2D eigenvalue weighted by Gasteiger charge is 2.08. The summed E-state index contributed by atoms with van der Waals surface area (Å²) in [7, 11) is 0. The summed E-state index contributed by atoms with van der Waals surface area (Å²) in [6.45, 7) is 7.53. The first-order chi connectivity index (χ1) is 10.1. The number of aryl methyl sites for hydroxylation is 1. The van der Waals surface area contributed by atoms with Crippen LogP contribution in [0.15, 0.2) is 34.9 Å². The lowest BCUT2D eigenvalue weighted by Gasteiger charge is -2.10. The lowest BCUT2D eigenvalue weighted by Crippen LogP contribution is -2.22. The smallest absolute Gasteiger partial charge is 0.146 e. The van der Waals surface area contributed by atoms with Crippen LogP contribution in [0.1, 0.15) is 37.7 Å². The lowest BCUT2D eigenvalue weighted by atomic mass is 10.1. The maximum atomic E-state index is 6.11. The summed E-state index contributed by atoms with van der Waals surface area (Å²) in [5.74, 6) is 1.67. The highest BCUT2D eigenvalue weighted by atomic mass is 35.5. The molecule has 0 aliphatic rings. The number of furan rings is 1. The van der Waals surface area contributed by atoms with Crippen LogP contribution in [0.25, 0.3) is 0 Å². The van der Waals surface area contributed by atoms with Gasteiger partial charge in [-0.15, -0.1) is 0 Å². The van der Waals surface area contributed by atoms with Gasteiger partial charge in [-0.2, -0.15) is 0 Å². The molecule has 0 saturated heterocycles. The van der Waals surface area contributed by atoms with Crippen LogP contribution in [-0.4, -0.2) is 6.04 Å². The zero-order valence-electron chi connectivity index (χ0n) is 12.8. The normalized spacial score (nSPS) is 11.1. The van der Waals surface area contributed by atoms with Gasteiger partial charge < -0.3 is 14.5 Å². The second-order valence-corrected chi connectivity index (χ2v) is 5.71. The minimum absolute atomic E-state index is 0.424. The van der Waals surface area contributed by atoms with Crippen LogP contribution in [0.2, 0.25) is 5.02 Å². The first-order valence-corrected chi connectivity index (χ1v) is 7.67. The van der Waals surface area contributed by atoms with Crippen molar-refractivity contribution in [1.82, 2.24) is 5.32 Å². The molecular formula is C17H22ClNO2. The van der Waals surface area contributed by atoms with Gasteiger partial charge in [-0.1, -0.05) is 32.4 Å². The Balaban J connectivity index is 1.98. The van der Waals surface area contributed by atoms with Gasteiger partial charge in [-0.25, -0.2) is 0 Å². The second kappa shape index (κ2) is 7.53. The Morgan fingerprint density at radius 2 is 2.05 bits per heavy atom. The van der Waals surface area contributed by atoms with Crippen molar-refractivity contribution in [2.75, 3.05) is 0 Å². The molecule has 1 N–H and O–H groups in total. The van der Waals surface area contributed by atoms with E-state index < -0.39 is 0 Å². The van der Waals surface area contributed by atoms with Crippen LogP contribution in [0.3, 0.4) is 0 Å². The van der Waals surface area contributed by atoms with Crippen molar-refractivity contribution in [2.45, 2.75) is 46.4 Å². The average Bonchev–Trinajstić information content (AvgIpc) is 2.91. The standard InChI is InChI=1S/C17H22ClNO2/c1-4-13-9-15(5-6-16(13)18)21-11-17-14(7-8-20-17)10-19-12(2)3/h5-9,12,19H,4,10-11H2,1-3H3. The van der Waals surface area contributed by atoms with Gasteiger partial charge in [0.1, 0.15) is 18.1 Å². The molecule has 0 bridgehead atoms. The zero-order chi connectivity index (χ0) is 15.2. The van der Waals surface area contributed by atoms with Gasteiger partial charge in [-0.3, -0.25) is 0 Å². The van der Waals surface area contributed by atoms with Crippen LogP contribution in [0.5, 0.6) is 5.75 Å². The summed E-state index contributed by atoms with van der Waals surface area (Å²) in [5.41, 5.74) is 2.23. The van der Waals surface area contributed by atoms with Gasteiger partial charge in [0.05, 0.1) is 6.26 Å². The van der Waals surface area contributed by atoms with E-state index in [0.717, 1.165) is 40.6 Å². The van der Waals surface area contributed by atoms with Crippen molar-refractivity contribution in [3.05, 3.63) is 52.4 Å². The van der Waals surface area contributed by atoms with Crippen LogP contribution >= 0.6 is 11.6 Å². The molecule has 0 atom stereocenters. The van der Waals surface area contributed by atoms with E-state index in [4.69, 9.17) is 20.8 Å². The maximum absolute atomic E-state index is 6.11. The molecule has 1 aromatic heterocycles. The molecule has 4 heteroatoms. The predicted octanol–water partition coefficient (Wildman–Crippen LogP) is 4.57. The van der Waals surface area contributed by atoms with Gasteiger partial charge >= 0.3 is 0 Å². The summed E-state index contributed by atoms with van der Waals surface area (Å²) in [6, 6.07) is 8.16. The fourth-order valence-corrected chi connectivity index (χ4v) is 2.28. The van der Waals surface area contributed by atoms with E-state index in [2.05, 4.69) is 26.1 Å². The number of benzene rings is 1. The minimum Gasteiger partial charge on any atom is -0.486 e. The number of hydrogen-bond acceptors (Lipinski definition) is 3. The third-order valence-corrected chi connectivity index (χ3v) is 3.68. The van der Waals surface area contributed by atoms with Gasteiger partial charge in [0.15, 0.2) is 0 Å². The molecule has 21 heavy (non-hydrogen) atoms. The molecule has 0 radical (unpaired) electrons. The highest BCUT2D eigenvalue weighted by Crippen LogP contribution is 2.23. The Kier molecular flexibility index (Phi) is 5.71. The van der Waals surface area contributed by atoms with Gasteiger partial charge in [0.25, 0.3) is 0 Å². The van der Waals surface area contributed by atoms with Crippen LogP contribution in [-0.2, 0) is 19.6 Å². The van der Waals surface area contributed by atoms with Crippen molar-refractivity contribution in [3.63, 3.8) is 0 Å². The number of rotatable bonds is 7. The molecular weight excluding hydrogens is 286 g/mol. The summed E-state index contributed by atoms with van der Waals surface area (Å²) < 4.78 is 11.3. The largest absolute Gasteiger partial charge is 0.486 e. The fourth-order valence-electron chi connectivity index (χ4n) is 2.03. The molecule has 2 aromatic rings. The summed E-state index contributed by atoms with van der Waals surface area (Å²) >= 11 is 6.11. The molecule has 0 aliphatic heterocycles. The minimum atomic E-state index is 0.424. The van der Waals surface area contributed by atoms with E-state index in [-0.39, 0.29) is 0 Å². The van der Waals surface area contributed by atoms with Crippen molar-refractivity contribution in [2.24, 2.45) is 0 Å². The Bertz CT molecular complexity index is 578. The lowest BCUT2D eigenvalue weighted by molar-refractivity contribution is 0.267. The van der Waals surface area contributed by atoms with E-state index in [9.17, 15) is 0 Å². The Hall–Kier alpha value is -1.45. The first-order valence-electron chi connectivity index (χ1n) is 7.30. The van der Waals surface area contributed by atoms with E-state index in [1.165, 1.54) is 0 Å². The quantitative estimate of drug-likeness (QED) is 0.813. The number of hydrogen-bond donors (Lipinski definition) is 1. The Morgan fingerprint density at radius 1 is 1.24 bits per heavy atom. The van der Waals surface area contributed by atoms with Crippen molar-refractivity contribution >= 4 is 11.6 Å². The third kappa shape index (κ3) is 4.51. The number of ether oxygens (including phenoxy) is 1. The fraction of sp³-hybridized carbons (Fsp3) is 0.412. The topological polar surface area (TPSA) is 34.4 Å². The molecule has 114 valence electrons. The van der Waals surface area contributed by atoms with Gasteiger partial charge in [0.2, 0.25) is 0 Å². The van der Waals surface area contributed by atoms with Gasteiger partial charge in [0, 0.05) is 23.2 Å². The monoisotopic (exact) mass is 307 g/mol. The molecule has 0 aliphatic carbocycles. The predicted molar refractivity (Wildman–Crippen MR) is 85.8 cm³/mol. The Labute approximate surface area is 131 Å². The van der Waals surface area contributed by atoms with Gasteiger partial charge in [-0.05, 0) is 36.2 Å². The maximum Gasteiger partial charge on any atom is 0.146 e. The molecule has 1 aromatic carbocycles. The molecule has 0 spiro atoms. The summed E-state index contributed by atoms with van der Waals surface area (Å²) in [6.07, 6.45) is 2.59. The molecule has 2 rings (SSSR count). The molecule has 0 unspecified atom stereocenters. The van der Waals surface area contributed by atoms with E-state index in [0.29, 0.717) is 12.6 Å². The molecule has 1 heterocycles. The third-order valence-electron chi connectivity index (χ3n) is 3.31. The summed E-state index contributed by atoms with van der Waals surface area (Å²) in [4.78, 5) is 0. The highest BCUT2D eigenvalue weighted by molar-refractivity contribution is 6.31. The first kappa shape index (κ1) is 15.9. The Morgan fingerprint density at radius 3 is 2.76 bits per heavy atom. The van der Waals surface area contributed by atoms with Crippen LogP contribution in [0.4, 0.5) is 0 Å². The molecule has 0 saturated carbocycles. The molecule has 0 fully saturated rings. The van der Waals surface area contributed by atoms with E-state index in [1.54, 1.807) is 6.26 Å². The number of halogens is 1. The average molecular weight is 308 g/mol. The second-order valence-electron chi connectivity index (χ2n) is 5.30. The van der Waals surface area contributed by atoms with Crippen molar-refractivity contribution in [3.8, 4) is 5.75 Å². The van der Waals surface area contributed by atoms with Crippen LogP contribution < -0.4 is 10.1 Å². The van der Waals surface area contributed by atoms with Crippen molar-refractivity contribution in [1.29, 1.82) is 0 Å². The van der Waals surface area contributed by atoms with E-state index in [1.807, 2.05) is 24.3 Å².